The molecular formula is C22H23N5O3. The molecule has 0 N–H and O–H groups in total. The summed E-state index contributed by atoms with van der Waals surface area (Å²) < 4.78 is 8.47. The highest BCUT2D eigenvalue weighted by Gasteiger charge is 2.38. The van der Waals surface area contributed by atoms with Gasteiger partial charge in [0.15, 0.2) is 0 Å². The fourth-order valence-electron chi connectivity index (χ4n) is 4.70. The Hall–Kier alpha value is -3.42. The Morgan fingerprint density at radius 3 is 2.63 bits per heavy atom. The summed E-state index contributed by atoms with van der Waals surface area (Å²) in [7, 11) is 3.20. The van der Waals surface area contributed by atoms with E-state index >= 15 is 0 Å². The summed E-state index contributed by atoms with van der Waals surface area (Å²) in [5, 5.41) is 4.20. The van der Waals surface area contributed by atoms with Crippen molar-refractivity contribution in [1.82, 2.24) is 24.2 Å². The molecule has 0 saturated carbocycles. The molecular weight excluding hydrogens is 382 g/mol. The molecule has 2 aromatic heterocycles. The van der Waals surface area contributed by atoms with E-state index in [2.05, 4.69) is 16.1 Å². The number of likely N-dealkylation sites (tertiary alicyclic amines) is 1. The molecule has 5 rings (SSSR count). The zero-order valence-corrected chi connectivity index (χ0v) is 17.0. The number of ether oxygens (including phenoxy) is 1. The number of aryl methyl sites for hydroxylation is 1. The van der Waals surface area contributed by atoms with E-state index in [1.54, 1.807) is 13.1 Å². The molecule has 1 aromatic carbocycles. The highest BCUT2D eigenvalue weighted by molar-refractivity contribution is 5.90. The number of methoxy groups -OCH3 is 1. The van der Waals surface area contributed by atoms with Gasteiger partial charge in [-0.15, -0.1) is 5.10 Å². The largest absolute Gasteiger partial charge is 0.467 e. The monoisotopic (exact) mass is 405 g/mol. The van der Waals surface area contributed by atoms with Crippen molar-refractivity contribution in [3.8, 4) is 17.1 Å². The van der Waals surface area contributed by atoms with Gasteiger partial charge in [-0.3, -0.25) is 9.59 Å². The lowest BCUT2D eigenvalue weighted by molar-refractivity contribution is 0.0582. The highest BCUT2D eigenvalue weighted by atomic mass is 16.5. The van der Waals surface area contributed by atoms with E-state index in [9.17, 15) is 9.59 Å². The number of carbonyl (C=O) groups is 1. The number of aromatic nitrogens is 4. The number of piperidine rings is 1. The van der Waals surface area contributed by atoms with Crippen LogP contribution in [0.25, 0.3) is 11.1 Å². The van der Waals surface area contributed by atoms with Crippen LogP contribution in [0.1, 0.15) is 28.7 Å². The molecule has 30 heavy (non-hydrogen) atoms. The number of rotatable bonds is 3. The number of nitrogens with zero attached hydrogens (tertiary/aromatic N) is 5. The Bertz CT molecular complexity index is 1170. The van der Waals surface area contributed by atoms with Crippen LogP contribution in [0.15, 0.2) is 47.3 Å². The molecule has 0 aliphatic carbocycles. The number of pyridine rings is 1. The van der Waals surface area contributed by atoms with E-state index in [1.165, 1.54) is 11.8 Å². The minimum atomic E-state index is -0.196. The summed E-state index contributed by atoms with van der Waals surface area (Å²) in [4.78, 5) is 31.9. The zero-order valence-electron chi connectivity index (χ0n) is 17.0. The zero-order chi connectivity index (χ0) is 20.8. The molecule has 8 nitrogen and oxygen atoms in total. The van der Waals surface area contributed by atoms with Crippen molar-refractivity contribution in [2.45, 2.75) is 18.9 Å². The molecule has 2 aliphatic rings. The smallest absolute Gasteiger partial charge is 0.314 e. The molecule has 2 aliphatic heterocycles. The number of fused-ring (bicyclic) bond motifs is 4. The highest BCUT2D eigenvalue weighted by Crippen LogP contribution is 2.37. The number of carbonyl (C=O) groups excluding carboxylic acids is 1. The molecule has 1 fully saturated rings. The minimum Gasteiger partial charge on any atom is -0.467 e. The first-order valence-corrected chi connectivity index (χ1v) is 10.1. The van der Waals surface area contributed by atoms with Crippen molar-refractivity contribution in [3.63, 3.8) is 0 Å². The van der Waals surface area contributed by atoms with Crippen molar-refractivity contribution in [1.29, 1.82) is 0 Å². The van der Waals surface area contributed by atoms with Crippen LogP contribution in [-0.2, 0) is 13.6 Å². The Labute approximate surface area is 173 Å². The van der Waals surface area contributed by atoms with Gasteiger partial charge in [0, 0.05) is 44.4 Å². The number of benzene rings is 1. The molecule has 1 saturated heterocycles. The third kappa shape index (κ3) is 3.08. The second kappa shape index (κ2) is 7.12. The predicted molar refractivity (Wildman–Crippen MR) is 110 cm³/mol. The van der Waals surface area contributed by atoms with Crippen LogP contribution in [0.3, 0.4) is 0 Å². The summed E-state index contributed by atoms with van der Waals surface area (Å²) in [6.45, 7) is 1.78. The molecule has 154 valence electrons. The maximum Gasteiger partial charge on any atom is 0.314 e. The quantitative estimate of drug-likeness (QED) is 0.665. The van der Waals surface area contributed by atoms with Gasteiger partial charge in [0.25, 0.3) is 11.5 Å². The van der Waals surface area contributed by atoms with Gasteiger partial charge >= 0.3 is 6.01 Å². The normalized spacial score (nSPS) is 20.0. The van der Waals surface area contributed by atoms with Crippen LogP contribution in [0.2, 0.25) is 0 Å². The standard InChI is InChI=1S/C22H23N5O3/c1-25-22(30-2)23-20(24-25)21(29)26-11-14-8-17(13-26)18-9-16(10-19(28)27(18)12-14)15-6-4-3-5-7-15/h3-7,9-10,14,17H,8,11-13H2,1-2H3/t14-,17+/m0/s1. The van der Waals surface area contributed by atoms with Crippen molar-refractivity contribution < 1.29 is 9.53 Å². The number of hydrogen-bond acceptors (Lipinski definition) is 5. The number of hydrogen-bond donors (Lipinski definition) is 0. The van der Waals surface area contributed by atoms with Gasteiger partial charge in [-0.1, -0.05) is 30.3 Å². The van der Waals surface area contributed by atoms with Crippen LogP contribution < -0.4 is 10.3 Å². The number of amides is 1. The average molecular weight is 405 g/mol. The molecule has 2 bridgehead atoms. The Morgan fingerprint density at radius 1 is 1.10 bits per heavy atom. The van der Waals surface area contributed by atoms with Crippen molar-refractivity contribution >= 4 is 5.91 Å². The predicted octanol–water partition coefficient (Wildman–Crippen LogP) is 1.91. The van der Waals surface area contributed by atoms with Crippen LogP contribution in [0.5, 0.6) is 6.01 Å². The summed E-state index contributed by atoms with van der Waals surface area (Å²) in [6, 6.07) is 14.0. The molecule has 3 aromatic rings. The first-order valence-electron chi connectivity index (χ1n) is 10.1. The molecule has 4 heterocycles. The van der Waals surface area contributed by atoms with Gasteiger partial charge in [-0.05, 0) is 29.5 Å². The van der Waals surface area contributed by atoms with Crippen molar-refractivity contribution in [3.05, 3.63) is 64.3 Å². The summed E-state index contributed by atoms with van der Waals surface area (Å²) in [5.41, 5.74) is 2.97. The van der Waals surface area contributed by atoms with Gasteiger partial charge in [-0.2, -0.15) is 4.98 Å². The fraction of sp³-hybridized carbons (Fsp3) is 0.364. The first kappa shape index (κ1) is 18.6. The molecule has 0 spiro atoms. The van der Waals surface area contributed by atoms with Crippen LogP contribution in [0.4, 0.5) is 0 Å². The molecule has 2 atom stereocenters. The lowest BCUT2D eigenvalue weighted by atomic mass is 9.82. The van der Waals surface area contributed by atoms with E-state index < -0.39 is 0 Å². The lowest BCUT2D eigenvalue weighted by Crippen LogP contribution is -2.49. The minimum absolute atomic E-state index is 0.0250. The van der Waals surface area contributed by atoms with Crippen LogP contribution in [0, 0.1) is 5.92 Å². The maximum atomic E-state index is 13.0. The molecule has 0 unspecified atom stereocenters. The van der Waals surface area contributed by atoms with Gasteiger partial charge in [0.1, 0.15) is 0 Å². The second-order valence-electron chi connectivity index (χ2n) is 8.04. The lowest BCUT2D eigenvalue weighted by Gasteiger charge is -2.42. The SMILES string of the molecule is COc1nc(C(=O)N2C[C@@H]3C[C@H](C2)c2cc(-c4ccccc4)cc(=O)n2C3)nn1C. The topological polar surface area (TPSA) is 82.2 Å². The summed E-state index contributed by atoms with van der Waals surface area (Å²) in [6.07, 6.45) is 0.973. The Kier molecular flexibility index (Phi) is 4.42. The third-order valence-electron chi connectivity index (χ3n) is 6.05. The summed E-state index contributed by atoms with van der Waals surface area (Å²) in [5.74, 6) is 0.304. The Morgan fingerprint density at radius 2 is 1.90 bits per heavy atom. The van der Waals surface area contributed by atoms with E-state index in [0.717, 1.165) is 23.2 Å². The maximum absolute atomic E-state index is 13.0. The van der Waals surface area contributed by atoms with Gasteiger partial charge in [0.2, 0.25) is 5.82 Å². The third-order valence-corrected chi connectivity index (χ3v) is 6.05. The van der Waals surface area contributed by atoms with Gasteiger partial charge in [-0.25, -0.2) is 4.68 Å². The van der Waals surface area contributed by atoms with Gasteiger partial charge in [0.05, 0.1) is 7.11 Å². The molecule has 1 amide bonds. The fourth-order valence-corrected chi connectivity index (χ4v) is 4.70. The summed E-state index contributed by atoms with van der Waals surface area (Å²) >= 11 is 0. The van der Waals surface area contributed by atoms with Crippen LogP contribution in [-0.4, -0.2) is 50.3 Å². The van der Waals surface area contributed by atoms with Crippen molar-refractivity contribution in [2.24, 2.45) is 13.0 Å². The van der Waals surface area contributed by atoms with Gasteiger partial charge < -0.3 is 14.2 Å². The molecule has 8 heteroatoms. The average Bonchev–Trinajstić information content (AvgIpc) is 3.15. The Balaban J connectivity index is 1.47. The van der Waals surface area contributed by atoms with Crippen molar-refractivity contribution in [2.75, 3.05) is 20.2 Å². The molecule has 0 radical (unpaired) electrons. The van der Waals surface area contributed by atoms with E-state index in [4.69, 9.17) is 4.74 Å². The second-order valence-corrected chi connectivity index (χ2v) is 8.04. The van der Waals surface area contributed by atoms with Crippen LogP contribution >= 0.6 is 0 Å². The van der Waals surface area contributed by atoms with E-state index in [-0.39, 0.29) is 29.1 Å². The first-order chi connectivity index (χ1) is 14.5. The van der Waals surface area contributed by atoms with E-state index in [1.807, 2.05) is 39.8 Å². The van der Waals surface area contributed by atoms with E-state index in [0.29, 0.717) is 25.6 Å².